The van der Waals surface area contributed by atoms with Crippen LogP contribution < -0.4 is 5.32 Å². The lowest BCUT2D eigenvalue weighted by atomic mass is 10.2. The fraction of sp³-hybridized carbons (Fsp3) is 0.308. The second-order valence-electron chi connectivity index (χ2n) is 4.23. The van der Waals surface area contributed by atoms with Gasteiger partial charge in [0.25, 0.3) is 15.0 Å². The summed E-state index contributed by atoms with van der Waals surface area (Å²) < 4.78 is 27.3. The molecule has 1 aromatic carbocycles. The molecule has 0 aromatic heterocycles. The summed E-state index contributed by atoms with van der Waals surface area (Å²) in [4.78, 5) is 11.7. The third-order valence-corrected chi connectivity index (χ3v) is 3.65. The summed E-state index contributed by atoms with van der Waals surface area (Å²) in [5, 5.41) is 2.65. The molecule has 0 bridgehead atoms. The minimum absolute atomic E-state index is 0.0412. The van der Waals surface area contributed by atoms with Crippen molar-refractivity contribution in [3.8, 4) is 0 Å². The Morgan fingerprint density at radius 2 is 1.95 bits per heavy atom. The van der Waals surface area contributed by atoms with Gasteiger partial charge in [-0.25, -0.2) is 8.42 Å². The predicted octanol–water partition coefficient (Wildman–Crippen LogP) is 1.94. The molecule has 1 aromatic rings. The summed E-state index contributed by atoms with van der Waals surface area (Å²) in [5.74, 6) is -0.303. The van der Waals surface area contributed by atoms with Gasteiger partial charge in [-0.2, -0.15) is 0 Å². The average Bonchev–Trinajstić information content (AvgIpc) is 2.37. The van der Waals surface area contributed by atoms with Gasteiger partial charge in [0, 0.05) is 22.8 Å². The highest BCUT2D eigenvalue weighted by atomic mass is 35.7. The normalized spacial score (nSPS) is 11.1. The smallest absolute Gasteiger partial charge is 0.261 e. The van der Waals surface area contributed by atoms with Crippen LogP contribution in [0.3, 0.4) is 0 Å². The maximum absolute atomic E-state index is 11.7. The topological polar surface area (TPSA) is 72.5 Å². The Labute approximate surface area is 123 Å². The van der Waals surface area contributed by atoms with Gasteiger partial charge < -0.3 is 10.1 Å². The molecule has 5 nitrogen and oxygen atoms in total. The zero-order valence-corrected chi connectivity index (χ0v) is 12.6. The van der Waals surface area contributed by atoms with Crippen LogP contribution in [0.4, 0.5) is 0 Å². The number of rotatable bonds is 7. The van der Waals surface area contributed by atoms with Crippen molar-refractivity contribution in [3.63, 3.8) is 0 Å². The van der Waals surface area contributed by atoms with E-state index in [0.717, 1.165) is 5.57 Å². The molecule has 0 unspecified atom stereocenters. The van der Waals surface area contributed by atoms with Gasteiger partial charge in [0.2, 0.25) is 0 Å². The largest absolute Gasteiger partial charge is 0.375 e. The van der Waals surface area contributed by atoms with Gasteiger partial charge in [-0.05, 0) is 31.2 Å². The molecule has 0 spiro atoms. The summed E-state index contributed by atoms with van der Waals surface area (Å²) >= 11 is 0. The average molecular weight is 318 g/mol. The number of halogens is 1. The Kier molecular flexibility index (Phi) is 6.19. The molecule has 0 aliphatic heterocycles. The molecule has 0 radical (unpaired) electrons. The number of carbonyl (C=O) groups is 1. The summed E-state index contributed by atoms with van der Waals surface area (Å²) in [6, 6.07) is 5.38. The first-order valence-corrected chi connectivity index (χ1v) is 8.16. The first-order chi connectivity index (χ1) is 9.30. The molecule has 1 amide bonds. The molecule has 0 fully saturated rings. The number of nitrogens with one attached hydrogen (secondary N) is 1. The van der Waals surface area contributed by atoms with Gasteiger partial charge >= 0.3 is 0 Å². The quantitative estimate of drug-likeness (QED) is 0.474. The molecule has 0 aliphatic carbocycles. The van der Waals surface area contributed by atoms with Crippen LogP contribution in [0.5, 0.6) is 0 Å². The van der Waals surface area contributed by atoms with Gasteiger partial charge in [0.05, 0.1) is 18.1 Å². The second kappa shape index (κ2) is 7.42. The van der Waals surface area contributed by atoms with Gasteiger partial charge in [0.15, 0.2) is 0 Å². The van der Waals surface area contributed by atoms with Crippen LogP contribution in [-0.4, -0.2) is 34.1 Å². The Hall–Kier alpha value is -1.37. The molecule has 0 saturated carbocycles. The number of benzene rings is 1. The summed E-state index contributed by atoms with van der Waals surface area (Å²) in [6.45, 7) is 6.74. The van der Waals surface area contributed by atoms with Crippen molar-refractivity contribution in [2.75, 3.05) is 19.8 Å². The van der Waals surface area contributed by atoms with E-state index in [2.05, 4.69) is 11.9 Å². The monoisotopic (exact) mass is 317 g/mol. The van der Waals surface area contributed by atoms with E-state index < -0.39 is 9.05 Å². The molecule has 0 atom stereocenters. The van der Waals surface area contributed by atoms with E-state index in [1.165, 1.54) is 24.3 Å². The fourth-order valence-electron chi connectivity index (χ4n) is 1.35. The lowest BCUT2D eigenvalue weighted by Gasteiger charge is -2.06. The van der Waals surface area contributed by atoms with Crippen LogP contribution in [0.2, 0.25) is 0 Å². The standard InChI is InChI=1S/C13H16ClNO4S/c1-10(2)9-19-8-7-15-13(16)11-3-5-12(6-4-11)20(14,17)18/h3-6H,1,7-9H2,2H3,(H,15,16). The highest BCUT2D eigenvalue weighted by Gasteiger charge is 2.11. The number of amides is 1. The van der Waals surface area contributed by atoms with Gasteiger partial charge in [-0.1, -0.05) is 12.2 Å². The Morgan fingerprint density at radius 1 is 1.35 bits per heavy atom. The van der Waals surface area contributed by atoms with Crippen LogP contribution >= 0.6 is 10.7 Å². The fourth-order valence-corrected chi connectivity index (χ4v) is 2.12. The van der Waals surface area contributed by atoms with Crippen LogP contribution in [0.1, 0.15) is 17.3 Å². The van der Waals surface area contributed by atoms with Crippen molar-refractivity contribution in [1.82, 2.24) is 5.32 Å². The minimum Gasteiger partial charge on any atom is -0.375 e. The zero-order chi connectivity index (χ0) is 15.2. The Balaban J connectivity index is 2.46. The van der Waals surface area contributed by atoms with Crippen molar-refractivity contribution in [3.05, 3.63) is 42.0 Å². The molecule has 1 N–H and O–H groups in total. The van der Waals surface area contributed by atoms with Crippen molar-refractivity contribution in [2.24, 2.45) is 0 Å². The van der Waals surface area contributed by atoms with Gasteiger partial charge in [0.1, 0.15) is 0 Å². The van der Waals surface area contributed by atoms with Crippen molar-refractivity contribution in [2.45, 2.75) is 11.8 Å². The highest BCUT2D eigenvalue weighted by Crippen LogP contribution is 2.15. The SMILES string of the molecule is C=C(C)COCCNC(=O)c1ccc(S(=O)(=O)Cl)cc1. The minimum atomic E-state index is -3.77. The zero-order valence-electron chi connectivity index (χ0n) is 11.1. The maximum Gasteiger partial charge on any atom is 0.261 e. The Morgan fingerprint density at radius 3 is 2.45 bits per heavy atom. The summed E-state index contributed by atoms with van der Waals surface area (Å²) in [6.07, 6.45) is 0. The van der Waals surface area contributed by atoms with Gasteiger partial charge in [-0.3, -0.25) is 4.79 Å². The van der Waals surface area contributed by atoms with Crippen LogP contribution in [0.25, 0.3) is 0 Å². The van der Waals surface area contributed by atoms with Gasteiger partial charge in [-0.15, -0.1) is 0 Å². The summed E-state index contributed by atoms with van der Waals surface area (Å²) in [7, 11) is 1.42. The molecular weight excluding hydrogens is 302 g/mol. The molecule has 0 heterocycles. The number of hydrogen-bond donors (Lipinski definition) is 1. The molecule has 1 rings (SSSR count). The molecule has 7 heteroatoms. The van der Waals surface area contributed by atoms with Crippen LogP contribution in [-0.2, 0) is 13.8 Å². The Bertz CT molecular complexity index is 581. The third-order valence-electron chi connectivity index (χ3n) is 2.28. The van der Waals surface area contributed by atoms with Crippen molar-refractivity contribution >= 4 is 25.6 Å². The third kappa shape index (κ3) is 5.73. The van der Waals surface area contributed by atoms with Crippen LogP contribution in [0.15, 0.2) is 41.3 Å². The molecule has 0 aliphatic rings. The second-order valence-corrected chi connectivity index (χ2v) is 6.79. The van der Waals surface area contributed by atoms with Crippen molar-refractivity contribution < 1.29 is 17.9 Å². The first kappa shape index (κ1) is 16.7. The molecule has 110 valence electrons. The number of carbonyl (C=O) groups excluding carboxylic acids is 1. The van der Waals surface area contributed by atoms with E-state index in [1.807, 2.05) is 6.92 Å². The maximum atomic E-state index is 11.7. The molecule has 20 heavy (non-hydrogen) atoms. The summed E-state index contributed by atoms with van der Waals surface area (Å²) in [5.41, 5.74) is 1.27. The number of ether oxygens (including phenoxy) is 1. The first-order valence-electron chi connectivity index (χ1n) is 5.86. The molecule has 0 saturated heterocycles. The van der Waals surface area contributed by atoms with Crippen molar-refractivity contribution in [1.29, 1.82) is 0 Å². The lowest BCUT2D eigenvalue weighted by molar-refractivity contribution is 0.0926. The van der Waals surface area contributed by atoms with E-state index in [1.54, 1.807) is 0 Å². The predicted molar refractivity (Wildman–Crippen MR) is 77.4 cm³/mol. The van der Waals surface area contributed by atoms with E-state index in [0.29, 0.717) is 25.3 Å². The van der Waals surface area contributed by atoms with E-state index in [4.69, 9.17) is 15.4 Å². The number of hydrogen-bond acceptors (Lipinski definition) is 4. The van der Waals surface area contributed by atoms with E-state index in [9.17, 15) is 13.2 Å². The van der Waals surface area contributed by atoms with Crippen LogP contribution in [0, 0.1) is 0 Å². The van der Waals surface area contributed by atoms with E-state index in [-0.39, 0.29) is 10.8 Å². The highest BCUT2D eigenvalue weighted by molar-refractivity contribution is 8.13. The molecular formula is C13H16ClNO4S. The van der Waals surface area contributed by atoms with E-state index >= 15 is 0 Å². The lowest BCUT2D eigenvalue weighted by Crippen LogP contribution is -2.27.